The topological polar surface area (TPSA) is 107 Å². The molecule has 0 unspecified atom stereocenters. The van der Waals surface area contributed by atoms with Gasteiger partial charge >= 0.3 is 0 Å². The first-order valence-electron chi connectivity index (χ1n) is 8.60. The predicted octanol–water partition coefficient (Wildman–Crippen LogP) is 2.69. The highest BCUT2D eigenvalue weighted by Crippen LogP contribution is 2.26. The third-order valence-corrected chi connectivity index (χ3v) is 4.49. The van der Waals surface area contributed by atoms with Gasteiger partial charge in [0.05, 0.1) is 0 Å². The lowest BCUT2D eigenvalue weighted by Gasteiger charge is -2.05. The average molecular weight is 371 g/mol. The molecule has 138 valence electrons. The van der Waals surface area contributed by atoms with Crippen molar-refractivity contribution in [2.45, 2.75) is 0 Å². The van der Waals surface area contributed by atoms with Crippen LogP contribution in [0.2, 0.25) is 0 Å². The van der Waals surface area contributed by atoms with Crippen LogP contribution in [0.3, 0.4) is 0 Å². The molecule has 3 N–H and O–H groups in total. The summed E-state index contributed by atoms with van der Waals surface area (Å²) in [5, 5.41) is 0.878. The molecule has 0 saturated heterocycles. The lowest BCUT2D eigenvalue weighted by atomic mass is 10.0. The molecule has 0 atom stereocenters. The normalized spacial score (nSPS) is 11.3. The Morgan fingerprint density at radius 1 is 1.14 bits per heavy atom. The van der Waals surface area contributed by atoms with Gasteiger partial charge in [0.2, 0.25) is 11.7 Å². The summed E-state index contributed by atoms with van der Waals surface area (Å²) in [5.74, 6) is -0.238. The van der Waals surface area contributed by atoms with Gasteiger partial charge in [0.15, 0.2) is 5.82 Å². The number of hydrogen-bond donors (Lipinski definition) is 2. The molecule has 0 fully saturated rings. The van der Waals surface area contributed by atoms with Crippen molar-refractivity contribution in [1.82, 2.24) is 19.5 Å². The number of nitrogens with zero attached hydrogens (tertiary/aromatic N) is 3. The number of aryl methyl sites for hydroxylation is 1. The minimum atomic E-state index is -0.508. The molecule has 4 aromatic rings. The molecule has 0 aliphatic heterocycles. The summed E-state index contributed by atoms with van der Waals surface area (Å²) in [4.78, 5) is 35.1. The molecule has 3 aromatic heterocycles. The van der Waals surface area contributed by atoms with E-state index in [4.69, 9.17) is 5.73 Å². The van der Waals surface area contributed by atoms with Gasteiger partial charge in [0.25, 0.3) is 0 Å². The molecule has 0 bridgehead atoms. The summed E-state index contributed by atoms with van der Waals surface area (Å²) >= 11 is 0. The van der Waals surface area contributed by atoms with E-state index in [-0.39, 0.29) is 5.78 Å². The number of pyridine rings is 1. The number of primary amides is 1. The maximum Gasteiger partial charge on any atom is 0.241 e. The number of H-pyrrole nitrogens is 1. The van der Waals surface area contributed by atoms with Crippen molar-refractivity contribution in [3.63, 3.8) is 0 Å². The second-order valence-corrected chi connectivity index (χ2v) is 6.37. The van der Waals surface area contributed by atoms with Crippen molar-refractivity contribution in [2.75, 3.05) is 0 Å². The first-order valence-corrected chi connectivity index (χ1v) is 8.60. The van der Waals surface area contributed by atoms with Crippen LogP contribution in [-0.2, 0) is 11.8 Å². The van der Waals surface area contributed by atoms with Crippen LogP contribution < -0.4 is 5.73 Å². The zero-order valence-electron chi connectivity index (χ0n) is 15.1. The first kappa shape index (κ1) is 17.4. The van der Waals surface area contributed by atoms with Gasteiger partial charge in [-0.3, -0.25) is 9.59 Å². The maximum absolute atomic E-state index is 12.5. The zero-order chi connectivity index (χ0) is 19.7. The van der Waals surface area contributed by atoms with Crippen LogP contribution in [0.1, 0.15) is 21.7 Å². The number of aromatic nitrogens is 4. The molecule has 7 heteroatoms. The van der Waals surface area contributed by atoms with E-state index in [2.05, 4.69) is 15.0 Å². The van der Waals surface area contributed by atoms with Crippen LogP contribution in [0.15, 0.2) is 61.2 Å². The molecule has 3 heterocycles. The standard InChI is InChI=1S/C21H17N5O2/c1-26-9-8-23-21(26)19(28)14-4-2-13(3-5-14)16-10-17-15(6-7-18(22)27)11-24-20(17)25-12-16/h2-12H,1H3,(H2,22,27)(H,24,25). The summed E-state index contributed by atoms with van der Waals surface area (Å²) < 4.78 is 1.70. The van der Waals surface area contributed by atoms with Crippen molar-refractivity contribution in [3.05, 3.63) is 78.1 Å². The molecule has 7 nitrogen and oxygen atoms in total. The fraction of sp³-hybridized carbons (Fsp3) is 0.0476. The summed E-state index contributed by atoms with van der Waals surface area (Å²) in [6.45, 7) is 0. The zero-order valence-corrected chi connectivity index (χ0v) is 15.1. The molecular formula is C21H17N5O2. The summed E-state index contributed by atoms with van der Waals surface area (Å²) in [6.07, 6.45) is 9.84. The van der Waals surface area contributed by atoms with Gasteiger partial charge in [-0.25, -0.2) is 9.97 Å². The lowest BCUT2D eigenvalue weighted by Crippen LogP contribution is -2.08. The number of ketones is 1. The Morgan fingerprint density at radius 3 is 2.61 bits per heavy atom. The minimum absolute atomic E-state index is 0.128. The Hall–Kier alpha value is -4.00. The molecule has 0 aliphatic rings. The maximum atomic E-state index is 12.5. The molecule has 1 aromatic carbocycles. The lowest BCUT2D eigenvalue weighted by molar-refractivity contribution is -0.113. The molecule has 0 radical (unpaired) electrons. The molecule has 0 saturated carbocycles. The first-order chi connectivity index (χ1) is 13.5. The van der Waals surface area contributed by atoms with Gasteiger partial charge in [-0.1, -0.05) is 24.3 Å². The number of rotatable bonds is 5. The van der Waals surface area contributed by atoms with E-state index >= 15 is 0 Å². The van der Waals surface area contributed by atoms with Crippen LogP contribution in [0, 0.1) is 0 Å². The quantitative estimate of drug-likeness (QED) is 0.415. The van der Waals surface area contributed by atoms with Crippen molar-refractivity contribution >= 4 is 28.8 Å². The second kappa shape index (κ2) is 6.96. The van der Waals surface area contributed by atoms with Gasteiger partial charge in [-0.15, -0.1) is 0 Å². The summed E-state index contributed by atoms with van der Waals surface area (Å²) in [7, 11) is 1.79. The highest BCUT2D eigenvalue weighted by molar-refractivity contribution is 6.07. The molecule has 4 rings (SSSR count). The van der Waals surface area contributed by atoms with Crippen LogP contribution in [0.4, 0.5) is 0 Å². The van der Waals surface area contributed by atoms with Crippen LogP contribution in [-0.4, -0.2) is 31.2 Å². The number of imidazole rings is 1. The number of benzene rings is 1. The number of aromatic amines is 1. The van der Waals surface area contributed by atoms with E-state index in [1.165, 1.54) is 6.08 Å². The van der Waals surface area contributed by atoms with E-state index in [0.717, 1.165) is 27.7 Å². The van der Waals surface area contributed by atoms with E-state index in [1.807, 2.05) is 18.2 Å². The third kappa shape index (κ3) is 3.21. The number of nitrogens with two attached hydrogens (primary N) is 1. The molecule has 28 heavy (non-hydrogen) atoms. The van der Waals surface area contributed by atoms with E-state index in [9.17, 15) is 9.59 Å². The monoisotopic (exact) mass is 371 g/mol. The Balaban J connectivity index is 1.66. The van der Waals surface area contributed by atoms with Gasteiger partial charge in [-0.2, -0.15) is 0 Å². The molecule has 1 amide bonds. The SMILES string of the molecule is Cn1ccnc1C(=O)c1ccc(-c2cnc3[nH]cc(C=CC(N)=O)c3c2)cc1. The van der Waals surface area contributed by atoms with E-state index < -0.39 is 5.91 Å². The number of fused-ring (bicyclic) bond motifs is 1. The summed E-state index contributed by atoms with van der Waals surface area (Å²) in [5.41, 5.74) is 9.11. The molecule has 0 aliphatic carbocycles. The fourth-order valence-corrected chi connectivity index (χ4v) is 3.02. The number of carbonyl (C=O) groups is 2. The van der Waals surface area contributed by atoms with Gasteiger partial charge in [0, 0.05) is 60.0 Å². The predicted molar refractivity (Wildman–Crippen MR) is 106 cm³/mol. The number of carbonyl (C=O) groups excluding carboxylic acids is 2. The average Bonchev–Trinajstić information content (AvgIpc) is 3.31. The molecule has 0 spiro atoms. The van der Waals surface area contributed by atoms with Crippen LogP contribution in [0.5, 0.6) is 0 Å². The second-order valence-electron chi connectivity index (χ2n) is 6.37. The highest BCUT2D eigenvalue weighted by Gasteiger charge is 2.14. The van der Waals surface area contributed by atoms with Crippen LogP contribution in [0.25, 0.3) is 28.2 Å². The summed E-state index contributed by atoms with van der Waals surface area (Å²) in [6, 6.07) is 9.30. The van der Waals surface area contributed by atoms with E-state index in [0.29, 0.717) is 11.4 Å². The number of hydrogen-bond acceptors (Lipinski definition) is 4. The highest BCUT2D eigenvalue weighted by atomic mass is 16.1. The Labute approximate surface area is 160 Å². The van der Waals surface area contributed by atoms with Gasteiger partial charge < -0.3 is 15.3 Å². The van der Waals surface area contributed by atoms with E-state index in [1.54, 1.807) is 54.6 Å². The smallest absolute Gasteiger partial charge is 0.241 e. The third-order valence-electron chi connectivity index (χ3n) is 4.49. The Bertz CT molecular complexity index is 1220. The molecular weight excluding hydrogens is 354 g/mol. The Kier molecular flexibility index (Phi) is 4.33. The van der Waals surface area contributed by atoms with Crippen LogP contribution >= 0.6 is 0 Å². The largest absolute Gasteiger partial charge is 0.366 e. The van der Waals surface area contributed by atoms with Crippen molar-refractivity contribution in [3.8, 4) is 11.1 Å². The van der Waals surface area contributed by atoms with Crippen molar-refractivity contribution < 1.29 is 9.59 Å². The number of nitrogens with one attached hydrogen (secondary N) is 1. The Morgan fingerprint density at radius 2 is 1.93 bits per heavy atom. The van der Waals surface area contributed by atoms with Gasteiger partial charge in [0.1, 0.15) is 5.65 Å². The number of amides is 1. The van der Waals surface area contributed by atoms with Gasteiger partial charge in [-0.05, 0) is 17.7 Å². The van der Waals surface area contributed by atoms with Crippen molar-refractivity contribution in [2.24, 2.45) is 12.8 Å². The minimum Gasteiger partial charge on any atom is -0.366 e. The van der Waals surface area contributed by atoms with Crippen molar-refractivity contribution in [1.29, 1.82) is 0 Å². The fourth-order valence-electron chi connectivity index (χ4n) is 3.02.